The van der Waals surface area contributed by atoms with Gasteiger partial charge in [0, 0.05) is 7.11 Å². The maximum Gasteiger partial charge on any atom is 0.160 e. The van der Waals surface area contributed by atoms with Gasteiger partial charge in [0.15, 0.2) is 5.82 Å². The summed E-state index contributed by atoms with van der Waals surface area (Å²) in [6.45, 7) is 3.86. The fraction of sp³-hybridized carbons (Fsp3) is 0.286. The minimum atomic E-state index is -0.248. The van der Waals surface area contributed by atoms with Crippen molar-refractivity contribution < 1.29 is 4.74 Å². The van der Waals surface area contributed by atoms with Crippen LogP contribution >= 0.6 is 23.2 Å². The zero-order valence-corrected chi connectivity index (χ0v) is 12.5. The standard InChI is InChI=1S/C14H14Cl2N2O/c1-8-4-6-10(7-5-8)11-12(15)17-14(9(2)19-3)18-13(11)16/h4-7,9H,1-3H3. The van der Waals surface area contributed by atoms with Gasteiger partial charge in [0.1, 0.15) is 16.4 Å². The first kappa shape index (κ1) is 14.3. The zero-order valence-electron chi connectivity index (χ0n) is 10.9. The van der Waals surface area contributed by atoms with Crippen LogP contribution in [0, 0.1) is 6.92 Å². The van der Waals surface area contributed by atoms with Gasteiger partial charge in [0.05, 0.1) is 5.56 Å². The first-order valence-electron chi connectivity index (χ1n) is 5.85. The first-order chi connectivity index (χ1) is 9.02. The number of methoxy groups -OCH3 is 1. The van der Waals surface area contributed by atoms with E-state index in [0.29, 0.717) is 21.7 Å². The molecule has 2 rings (SSSR count). The average Bonchev–Trinajstić information content (AvgIpc) is 2.39. The van der Waals surface area contributed by atoms with Crippen molar-refractivity contribution in [1.29, 1.82) is 0 Å². The molecule has 0 fully saturated rings. The summed E-state index contributed by atoms with van der Waals surface area (Å²) < 4.78 is 5.17. The monoisotopic (exact) mass is 296 g/mol. The smallest absolute Gasteiger partial charge is 0.160 e. The van der Waals surface area contributed by atoms with Crippen LogP contribution < -0.4 is 0 Å². The van der Waals surface area contributed by atoms with Crippen molar-refractivity contribution in [2.24, 2.45) is 0 Å². The predicted octanol–water partition coefficient (Wildman–Crippen LogP) is 4.47. The van der Waals surface area contributed by atoms with Gasteiger partial charge in [-0.25, -0.2) is 9.97 Å². The van der Waals surface area contributed by atoms with Gasteiger partial charge in [-0.05, 0) is 19.4 Å². The van der Waals surface area contributed by atoms with Gasteiger partial charge in [0.2, 0.25) is 0 Å². The second kappa shape index (κ2) is 5.87. The number of rotatable bonds is 3. The second-order valence-corrected chi connectivity index (χ2v) is 5.00. The summed E-state index contributed by atoms with van der Waals surface area (Å²) in [7, 11) is 1.59. The lowest BCUT2D eigenvalue weighted by Crippen LogP contribution is -2.04. The molecule has 1 aromatic carbocycles. The lowest BCUT2D eigenvalue weighted by Gasteiger charge is -2.12. The van der Waals surface area contributed by atoms with Gasteiger partial charge in [0.25, 0.3) is 0 Å². The van der Waals surface area contributed by atoms with Crippen LogP contribution in [0.25, 0.3) is 11.1 Å². The number of nitrogens with zero attached hydrogens (tertiary/aromatic N) is 2. The Hall–Kier alpha value is -1.16. The molecule has 19 heavy (non-hydrogen) atoms. The fourth-order valence-electron chi connectivity index (χ4n) is 1.67. The van der Waals surface area contributed by atoms with Crippen molar-refractivity contribution in [1.82, 2.24) is 9.97 Å². The van der Waals surface area contributed by atoms with Crippen molar-refractivity contribution >= 4 is 23.2 Å². The summed E-state index contributed by atoms with van der Waals surface area (Å²) in [4.78, 5) is 8.50. The van der Waals surface area contributed by atoms with Crippen LogP contribution in [-0.4, -0.2) is 17.1 Å². The molecule has 0 aliphatic carbocycles. The SMILES string of the molecule is COC(C)c1nc(Cl)c(-c2ccc(C)cc2)c(Cl)n1. The number of halogens is 2. The zero-order chi connectivity index (χ0) is 14.0. The van der Waals surface area contributed by atoms with Crippen molar-refractivity contribution in [3.8, 4) is 11.1 Å². The molecule has 0 saturated carbocycles. The van der Waals surface area contributed by atoms with Crippen LogP contribution in [0.2, 0.25) is 10.3 Å². The maximum atomic E-state index is 6.22. The minimum Gasteiger partial charge on any atom is -0.374 e. The Kier molecular flexibility index (Phi) is 4.40. The number of ether oxygens (including phenoxy) is 1. The number of hydrogen-bond donors (Lipinski definition) is 0. The van der Waals surface area contributed by atoms with Crippen LogP contribution in [0.4, 0.5) is 0 Å². The third-order valence-corrected chi connectivity index (χ3v) is 3.44. The summed E-state index contributed by atoms with van der Waals surface area (Å²) in [5.41, 5.74) is 2.72. The molecule has 1 aromatic heterocycles. The molecule has 1 unspecified atom stereocenters. The molecular formula is C14H14Cl2N2O. The topological polar surface area (TPSA) is 35.0 Å². The van der Waals surface area contributed by atoms with Gasteiger partial charge in [-0.3, -0.25) is 0 Å². The highest BCUT2D eigenvalue weighted by molar-refractivity contribution is 6.37. The van der Waals surface area contributed by atoms with Crippen molar-refractivity contribution in [3.05, 3.63) is 46.0 Å². The van der Waals surface area contributed by atoms with Crippen LogP contribution in [0.1, 0.15) is 24.4 Å². The minimum absolute atomic E-state index is 0.248. The molecule has 0 amide bonds. The number of aryl methyl sites for hydroxylation is 1. The van der Waals surface area contributed by atoms with Crippen molar-refractivity contribution in [3.63, 3.8) is 0 Å². The highest BCUT2D eigenvalue weighted by Crippen LogP contribution is 2.33. The van der Waals surface area contributed by atoms with E-state index in [1.165, 1.54) is 5.56 Å². The van der Waals surface area contributed by atoms with Gasteiger partial charge in [-0.2, -0.15) is 0 Å². The Labute approximate surface area is 122 Å². The van der Waals surface area contributed by atoms with E-state index in [1.54, 1.807) is 7.11 Å². The molecule has 0 radical (unpaired) electrons. The molecule has 1 heterocycles. The Morgan fingerprint density at radius 2 is 1.58 bits per heavy atom. The first-order valence-corrected chi connectivity index (χ1v) is 6.61. The molecule has 5 heteroatoms. The highest BCUT2D eigenvalue weighted by atomic mass is 35.5. The fourth-order valence-corrected chi connectivity index (χ4v) is 2.29. The molecule has 0 saturated heterocycles. The summed E-state index contributed by atoms with van der Waals surface area (Å²) in [6, 6.07) is 7.89. The lowest BCUT2D eigenvalue weighted by atomic mass is 10.1. The quantitative estimate of drug-likeness (QED) is 0.784. The van der Waals surface area contributed by atoms with Gasteiger partial charge in [-0.1, -0.05) is 53.0 Å². The predicted molar refractivity (Wildman–Crippen MR) is 77.6 cm³/mol. The van der Waals surface area contributed by atoms with Gasteiger partial charge in [-0.15, -0.1) is 0 Å². The molecule has 0 aliphatic heterocycles. The maximum absolute atomic E-state index is 6.22. The van der Waals surface area contributed by atoms with E-state index in [2.05, 4.69) is 9.97 Å². The van der Waals surface area contributed by atoms with Crippen LogP contribution in [0.15, 0.2) is 24.3 Å². The molecule has 0 spiro atoms. The Morgan fingerprint density at radius 1 is 1.05 bits per heavy atom. The Bertz CT molecular complexity index is 561. The molecule has 0 bridgehead atoms. The van der Waals surface area contributed by atoms with Gasteiger partial charge >= 0.3 is 0 Å². The Balaban J connectivity index is 2.50. The summed E-state index contributed by atoms with van der Waals surface area (Å²) in [5, 5.41) is 0.672. The van der Waals surface area contributed by atoms with E-state index in [0.717, 1.165) is 5.56 Å². The van der Waals surface area contributed by atoms with E-state index in [9.17, 15) is 0 Å². The molecule has 2 aromatic rings. The summed E-state index contributed by atoms with van der Waals surface area (Å²) in [6.07, 6.45) is -0.248. The molecule has 3 nitrogen and oxygen atoms in total. The van der Waals surface area contributed by atoms with Crippen molar-refractivity contribution in [2.45, 2.75) is 20.0 Å². The van der Waals surface area contributed by atoms with Crippen LogP contribution in [0.3, 0.4) is 0 Å². The average molecular weight is 297 g/mol. The van der Waals surface area contributed by atoms with E-state index in [4.69, 9.17) is 27.9 Å². The molecule has 1 atom stereocenters. The highest BCUT2D eigenvalue weighted by Gasteiger charge is 2.16. The van der Waals surface area contributed by atoms with Crippen molar-refractivity contribution in [2.75, 3.05) is 7.11 Å². The number of aromatic nitrogens is 2. The molecule has 0 aliphatic rings. The summed E-state index contributed by atoms with van der Waals surface area (Å²) >= 11 is 12.4. The van der Waals surface area contributed by atoms with E-state index in [-0.39, 0.29) is 6.10 Å². The normalized spacial score (nSPS) is 12.5. The molecule has 0 N–H and O–H groups in total. The number of benzene rings is 1. The van der Waals surface area contributed by atoms with E-state index < -0.39 is 0 Å². The second-order valence-electron chi connectivity index (χ2n) is 4.28. The largest absolute Gasteiger partial charge is 0.374 e. The van der Waals surface area contributed by atoms with Gasteiger partial charge < -0.3 is 4.74 Å². The summed E-state index contributed by atoms with van der Waals surface area (Å²) in [5.74, 6) is 0.480. The third kappa shape index (κ3) is 3.06. The van der Waals surface area contributed by atoms with Crippen LogP contribution in [-0.2, 0) is 4.74 Å². The lowest BCUT2D eigenvalue weighted by molar-refractivity contribution is 0.112. The third-order valence-electron chi connectivity index (χ3n) is 2.90. The van der Waals surface area contributed by atoms with E-state index in [1.807, 2.05) is 38.1 Å². The molecular weight excluding hydrogens is 283 g/mol. The van der Waals surface area contributed by atoms with E-state index >= 15 is 0 Å². The number of hydrogen-bond acceptors (Lipinski definition) is 3. The molecule has 100 valence electrons. The van der Waals surface area contributed by atoms with Crippen LogP contribution in [0.5, 0.6) is 0 Å². The Morgan fingerprint density at radius 3 is 2.05 bits per heavy atom.